The first kappa shape index (κ1) is 11.2. The third-order valence-electron chi connectivity index (χ3n) is 2.40. The fourth-order valence-corrected chi connectivity index (χ4v) is 2.23. The molecule has 0 saturated carbocycles. The molecule has 88 valence electrons. The van der Waals surface area contributed by atoms with Crippen molar-refractivity contribution in [3.8, 4) is 0 Å². The monoisotopic (exact) mass is 238 g/mol. The van der Waals surface area contributed by atoms with Crippen molar-refractivity contribution in [3.05, 3.63) is 0 Å². The zero-order valence-corrected chi connectivity index (χ0v) is 8.97. The maximum Gasteiger partial charge on any atom is 0.394 e. The molecule has 4 aliphatic rings. The quantitative estimate of drug-likeness (QED) is 0.484. The van der Waals surface area contributed by atoms with Crippen LogP contribution in [0.5, 0.6) is 0 Å². The van der Waals surface area contributed by atoms with Gasteiger partial charge in [-0.25, -0.2) is 0 Å². The average molecular weight is 238 g/mol. The van der Waals surface area contributed by atoms with E-state index < -0.39 is 10.4 Å². The molecule has 0 aromatic carbocycles. The van der Waals surface area contributed by atoms with E-state index in [4.69, 9.17) is 17.5 Å². The van der Waals surface area contributed by atoms with Gasteiger partial charge in [0.25, 0.3) is 0 Å². The summed E-state index contributed by atoms with van der Waals surface area (Å²) in [7, 11) is -4.67. The van der Waals surface area contributed by atoms with Gasteiger partial charge in [0.1, 0.15) is 0 Å². The summed E-state index contributed by atoms with van der Waals surface area (Å²) in [6.45, 7) is 7.12. The molecule has 4 fully saturated rings. The standard InChI is InChI=1S/C6H12N4.H2O4S/c1-7-2-9-4-8(1)5-10(3-7)6-9;1-5(2,3)4/h1-6H2;(H2,1,2,3,4). The minimum atomic E-state index is -4.67. The first-order valence-electron chi connectivity index (χ1n) is 4.49. The summed E-state index contributed by atoms with van der Waals surface area (Å²) in [4.78, 5) is 9.88. The lowest BCUT2D eigenvalue weighted by molar-refractivity contribution is -0.194. The van der Waals surface area contributed by atoms with E-state index in [0.29, 0.717) is 0 Å². The Bertz CT molecular complexity index is 267. The van der Waals surface area contributed by atoms with Crippen molar-refractivity contribution in [1.82, 2.24) is 19.6 Å². The Morgan fingerprint density at radius 1 is 0.667 bits per heavy atom. The number of rotatable bonds is 0. The van der Waals surface area contributed by atoms with Crippen molar-refractivity contribution in [2.24, 2.45) is 0 Å². The minimum Gasteiger partial charge on any atom is -0.264 e. The van der Waals surface area contributed by atoms with Crippen LogP contribution in [0.4, 0.5) is 0 Å². The van der Waals surface area contributed by atoms with Crippen LogP contribution in [0.25, 0.3) is 0 Å². The topological polar surface area (TPSA) is 87.6 Å². The highest BCUT2D eigenvalue weighted by molar-refractivity contribution is 7.79. The van der Waals surface area contributed by atoms with E-state index >= 15 is 0 Å². The van der Waals surface area contributed by atoms with Crippen LogP contribution in [0.3, 0.4) is 0 Å². The summed E-state index contributed by atoms with van der Waals surface area (Å²) in [6.07, 6.45) is 0. The zero-order valence-electron chi connectivity index (χ0n) is 8.15. The molecule has 0 aromatic heterocycles. The first-order chi connectivity index (χ1) is 6.90. The van der Waals surface area contributed by atoms with E-state index in [1.54, 1.807) is 0 Å². The van der Waals surface area contributed by atoms with Gasteiger partial charge in [-0.15, -0.1) is 0 Å². The van der Waals surface area contributed by atoms with Gasteiger partial charge in [-0.05, 0) is 0 Å². The highest BCUT2D eigenvalue weighted by atomic mass is 32.3. The van der Waals surface area contributed by atoms with E-state index in [0.717, 1.165) is 0 Å². The van der Waals surface area contributed by atoms with Crippen molar-refractivity contribution in [3.63, 3.8) is 0 Å². The predicted octanol–water partition coefficient (Wildman–Crippen LogP) is -1.67. The van der Waals surface area contributed by atoms with Crippen LogP contribution in [0.15, 0.2) is 0 Å². The molecular weight excluding hydrogens is 224 g/mol. The SMILES string of the molecule is C1N2CN3CN1CN(C2)C3.O=S(=O)(O)O. The molecule has 4 rings (SSSR count). The molecule has 4 heterocycles. The van der Waals surface area contributed by atoms with Gasteiger partial charge in [-0.2, -0.15) is 8.42 Å². The van der Waals surface area contributed by atoms with E-state index in [-0.39, 0.29) is 0 Å². The normalized spacial score (nSPS) is 42.3. The first-order valence-corrected chi connectivity index (χ1v) is 5.89. The third-order valence-corrected chi connectivity index (χ3v) is 2.40. The molecule has 0 unspecified atom stereocenters. The Hall–Kier alpha value is -0.290. The second-order valence-corrected chi connectivity index (χ2v) is 4.88. The Kier molecular flexibility index (Phi) is 2.94. The van der Waals surface area contributed by atoms with Crippen molar-refractivity contribution in [2.75, 3.05) is 40.0 Å². The molecule has 9 heteroatoms. The Labute approximate surface area is 88.2 Å². The molecule has 15 heavy (non-hydrogen) atoms. The van der Waals surface area contributed by atoms with Crippen LogP contribution in [0, 0.1) is 0 Å². The molecule has 8 nitrogen and oxygen atoms in total. The number of hydrogen-bond acceptors (Lipinski definition) is 6. The predicted molar refractivity (Wildman–Crippen MR) is 50.7 cm³/mol. The molecule has 0 radical (unpaired) electrons. The van der Waals surface area contributed by atoms with Crippen LogP contribution in [-0.2, 0) is 10.4 Å². The van der Waals surface area contributed by atoms with Gasteiger partial charge in [-0.1, -0.05) is 0 Å². The Morgan fingerprint density at radius 3 is 0.933 bits per heavy atom. The van der Waals surface area contributed by atoms with Gasteiger partial charge in [0.05, 0.1) is 40.0 Å². The maximum absolute atomic E-state index is 8.74. The maximum atomic E-state index is 8.74. The summed E-state index contributed by atoms with van der Waals surface area (Å²) >= 11 is 0. The molecule has 0 aromatic rings. The molecule has 4 aliphatic heterocycles. The molecular formula is C6H14N4O4S. The lowest BCUT2D eigenvalue weighted by atomic mass is 10.4. The molecule has 0 aliphatic carbocycles. The fraction of sp³-hybridized carbons (Fsp3) is 1.00. The molecule has 4 bridgehead atoms. The van der Waals surface area contributed by atoms with E-state index in [9.17, 15) is 0 Å². The van der Waals surface area contributed by atoms with Gasteiger partial charge in [0, 0.05) is 0 Å². The molecule has 0 amide bonds. The Balaban J connectivity index is 0.000000149. The fourth-order valence-electron chi connectivity index (χ4n) is 2.23. The van der Waals surface area contributed by atoms with E-state index in [2.05, 4.69) is 19.6 Å². The summed E-state index contributed by atoms with van der Waals surface area (Å²) < 4.78 is 31.6. The number of nitrogens with zero attached hydrogens (tertiary/aromatic N) is 4. The lowest BCUT2D eigenvalue weighted by Crippen LogP contribution is -2.71. The van der Waals surface area contributed by atoms with Gasteiger partial charge in [0.15, 0.2) is 0 Å². The van der Waals surface area contributed by atoms with E-state index in [1.165, 1.54) is 40.0 Å². The van der Waals surface area contributed by atoms with Gasteiger partial charge < -0.3 is 0 Å². The summed E-state index contributed by atoms with van der Waals surface area (Å²) in [6, 6.07) is 0. The van der Waals surface area contributed by atoms with E-state index in [1.807, 2.05) is 0 Å². The zero-order chi connectivity index (χ0) is 11.1. The second-order valence-electron chi connectivity index (χ2n) is 3.98. The highest BCUT2D eigenvalue weighted by Crippen LogP contribution is 2.20. The average Bonchev–Trinajstić information content (AvgIpc) is 1.96. The largest absolute Gasteiger partial charge is 0.394 e. The lowest BCUT2D eigenvalue weighted by Gasteiger charge is -2.56. The molecule has 0 spiro atoms. The second kappa shape index (κ2) is 3.94. The van der Waals surface area contributed by atoms with Crippen molar-refractivity contribution < 1.29 is 17.5 Å². The summed E-state index contributed by atoms with van der Waals surface area (Å²) in [5.74, 6) is 0. The molecule has 4 saturated heterocycles. The van der Waals surface area contributed by atoms with Gasteiger partial charge >= 0.3 is 10.4 Å². The van der Waals surface area contributed by atoms with Crippen LogP contribution < -0.4 is 0 Å². The van der Waals surface area contributed by atoms with Gasteiger partial charge in [-0.3, -0.25) is 28.7 Å². The van der Waals surface area contributed by atoms with Crippen LogP contribution >= 0.6 is 0 Å². The minimum absolute atomic E-state index is 1.19. The Morgan fingerprint density at radius 2 is 0.800 bits per heavy atom. The number of hydrogen-bond donors (Lipinski definition) is 2. The van der Waals surface area contributed by atoms with Crippen LogP contribution in [-0.4, -0.2) is 77.1 Å². The molecule has 2 N–H and O–H groups in total. The van der Waals surface area contributed by atoms with Gasteiger partial charge in [0.2, 0.25) is 0 Å². The van der Waals surface area contributed by atoms with Crippen LogP contribution in [0.2, 0.25) is 0 Å². The van der Waals surface area contributed by atoms with Crippen LogP contribution in [0.1, 0.15) is 0 Å². The molecule has 0 atom stereocenters. The van der Waals surface area contributed by atoms with Crippen molar-refractivity contribution >= 4 is 10.4 Å². The highest BCUT2D eigenvalue weighted by Gasteiger charge is 2.36. The third kappa shape index (κ3) is 3.34. The van der Waals surface area contributed by atoms with Crippen molar-refractivity contribution in [1.29, 1.82) is 0 Å². The smallest absolute Gasteiger partial charge is 0.264 e. The summed E-state index contributed by atoms with van der Waals surface area (Å²) in [5, 5.41) is 0. The summed E-state index contributed by atoms with van der Waals surface area (Å²) in [5.41, 5.74) is 0. The van der Waals surface area contributed by atoms with Crippen molar-refractivity contribution in [2.45, 2.75) is 0 Å².